The first kappa shape index (κ1) is 19.9. The molecule has 1 N–H and O–H groups in total. The van der Waals surface area contributed by atoms with Gasteiger partial charge in [0.05, 0.1) is 5.69 Å². The van der Waals surface area contributed by atoms with Gasteiger partial charge in [0, 0.05) is 10.6 Å². The number of aryl methyl sites for hydroxylation is 1. The molecule has 0 saturated carbocycles. The maximum atomic E-state index is 13.4. The predicted molar refractivity (Wildman–Crippen MR) is 118 cm³/mol. The molecule has 2 amide bonds. The number of imide groups is 1. The van der Waals surface area contributed by atoms with E-state index in [-0.39, 0.29) is 5.70 Å². The van der Waals surface area contributed by atoms with Crippen LogP contribution in [0.4, 0.5) is 15.8 Å². The van der Waals surface area contributed by atoms with Crippen LogP contribution in [0.25, 0.3) is 0 Å². The number of carbonyl (C=O) groups is 2. The van der Waals surface area contributed by atoms with E-state index in [0.29, 0.717) is 10.6 Å². The number of hydrogen-bond acceptors (Lipinski definition) is 4. The van der Waals surface area contributed by atoms with E-state index in [4.69, 9.17) is 0 Å². The van der Waals surface area contributed by atoms with Crippen LogP contribution in [0.2, 0.25) is 0 Å². The summed E-state index contributed by atoms with van der Waals surface area (Å²) in [5, 5.41) is 3.19. The number of hydrogen-bond donors (Lipinski definition) is 1. The first-order chi connectivity index (χ1) is 14.6. The van der Waals surface area contributed by atoms with Crippen molar-refractivity contribution in [2.75, 3.05) is 10.2 Å². The third kappa shape index (κ3) is 3.86. The standard InChI is InChI=1S/C24H19FN2O2S/c1-2-16-8-6-7-11-20(16)26-21-22(30-19-9-4-3-5-10-19)24(29)27(23(21)28)18-14-12-17(25)13-15-18/h3-15,26H,2H2,1H3. The monoisotopic (exact) mass is 418 g/mol. The predicted octanol–water partition coefficient (Wildman–Crippen LogP) is 5.38. The number of halogens is 1. The van der Waals surface area contributed by atoms with Crippen LogP contribution in [-0.4, -0.2) is 11.8 Å². The molecule has 3 aromatic rings. The Morgan fingerprint density at radius 3 is 2.23 bits per heavy atom. The van der Waals surface area contributed by atoms with Crippen molar-refractivity contribution in [3.8, 4) is 0 Å². The number of nitrogens with zero attached hydrogens (tertiary/aromatic N) is 1. The summed E-state index contributed by atoms with van der Waals surface area (Å²) in [6.45, 7) is 2.03. The second kappa shape index (κ2) is 8.55. The molecule has 0 spiro atoms. The average molecular weight is 418 g/mol. The molecule has 1 aliphatic heterocycles. The molecule has 4 rings (SSSR count). The van der Waals surface area contributed by atoms with Crippen molar-refractivity contribution in [1.82, 2.24) is 0 Å². The largest absolute Gasteiger partial charge is 0.350 e. The van der Waals surface area contributed by atoms with Crippen molar-refractivity contribution in [3.05, 3.63) is 101 Å². The van der Waals surface area contributed by atoms with Gasteiger partial charge in [0.1, 0.15) is 16.4 Å². The molecule has 3 aromatic carbocycles. The Kier molecular flexibility index (Phi) is 5.68. The van der Waals surface area contributed by atoms with Crippen molar-refractivity contribution in [2.24, 2.45) is 0 Å². The lowest BCUT2D eigenvalue weighted by atomic mass is 10.1. The molecule has 30 heavy (non-hydrogen) atoms. The van der Waals surface area contributed by atoms with E-state index in [2.05, 4.69) is 5.32 Å². The molecule has 0 aliphatic carbocycles. The Hall–Kier alpha value is -3.38. The summed E-state index contributed by atoms with van der Waals surface area (Å²) in [4.78, 5) is 28.8. The highest BCUT2D eigenvalue weighted by atomic mass is 32.2. The molecule has 6 heteroatoms. The maximum Gasteiger partial charge on any atom is 0.283 e. The quantitative estimate of drug-likeness (QED) is 0.546. The van der Waals surface area contributed by atoms with Crippen LogP contribution in [0.1, 0.15) is 12.5 Å². The summed E-state index contributed by atoms with van der Waals surface area (Å²) in [5.41, 5.74) is 2.37. The highest BCUT2D eigenvalue weighted by molar-refractivity contribution is 8.04. The molecule has 4 nitrogen and oxygen atoms in total. The van der Waals surface area contributed by atoms with E-state index >= 15 is 0 Å². The lowest BCUT2D eigenvalue weighted by Gasteiger charge is -2.15. The van der Waals surface area contributed by atoms with E-state index in [0.717, 1.165) is 27.5 Å². The summed E-state index contributed by atoms with van der Waals surface area (Å²) >= 11 is 1.24. The Bertz CT molecular complexity index is 1130. The van der Waals surface area contributed by atoms with Crippen LogP contribution >= 0.6 is 11.8 Å². The second-order valence-corrected chi connectivity index (χ2v) is 7.76. The summed E-state index contributed by atoms with van der Waals surface area (Å²) < 4.78 is 13.4. The average Bonchev–Trinajstić information content (AvgIpc) is 2.99. The Morgan fingerprint density at radius 1 is 0.867 bits per heavy atom. The van der Waals surface area contributed by atoms with Gasteiger partial charge in [-0.1, -0.05) is 55.1 Å². The molecular formula is C24H19FN2O2S. The van der Waals surface area contributed by atoms with E-state index in [1.807, 2.05) is 61.5 Å². The Morgan fingerprint density at radius 2 is 1.53 bits per heavy atom. The van der Waals surface area contributed by atoms with Gasteiger partial charge in [-0.2, -0.15) is 0 Å². The molecule has 0 radical (unpaired) electrons. The van der Waals surface area contributed by atoms with Crippen LogP contribution in [0.15, 0.2) is 94.4 Å². The summed E-state index contributed by atoms with van der Waals surface area (Å²) in [5.74, 6) is -1.33. The highest BCUT2D eigenvalue weighted by Gasteiger charge is 2.40. The number of benzene rings is 3. The molecule has 0 aromatic heterocycles. The fourth-order valence-corrected chi connectivity index (χ4v) is 4.18. The van der Waals surface area contributed by atoms with Crippen LogP contribution in [0, 0.1) is 5.82 Å². The van der Waals surface area contributed by atoms with E-state index in [1.165, 1.54) is 36.0 Å². The lowest BCUT2D eigenvalue weighted by Crippen LogP contribution is -2.32. The van der Waals surface area contributed by atoms with Gasteiger partial charge < -0.3 is 5.32 Å². The fourth-order valence-electron chi connectivity index (χ4n) is 3.23. The zero-order valence-corrected chi connectivity index (χ0v) is 17.1. The maximum absolute atomic E-state index is 13.4. The van der Waals surface area contributed by atoms with Crippen LogP contribution in [-0.2, 0) is 16.0 Å². The SMILES string of the molecule is CCc1ccccc1NC1=C(Sc2ccccc2)C(=O)N(c2ccc(F)cc2)C1=O. The van der Waals surface area contributed by atoms with E-state index in [9.17, 15) is 14.0 Å². The third-order valence-electron chi connectivity index (χ3n) is 4.75. The molecule has 1 aliphatic rings. The van der Waals surface area contributed by atoms with Gasteiger partial charge in [0.15, 0.2) is 0 Å². The second-order valence-electron chi connectivity index (χ2n) is 6.68. The minimum atomic E-state index is -0.462. The zero-order valence-electron chi connectivity index (χ0n) is 16.3. The minimum absolute atomic E-state index is 0.221. The summed E-state index contributed by atoms with van der Waals surface area (Å²) in [7, 11) is 0. The third-order valence-corrected chi connectivity index (χ3v) is 5.84. The number of carbonyl (C=O) groups excluding carboxylic acids is 2. The van der Waals surface area contributed by atoms with E-state index in [1.54, 1.807) is 0 Å². The first-order valence-corrected chi connectivity index (χ1v) is 10.4. The number of anilines is 2. The highest BCUT2D eigenvalue weighted by Crippen LogP contribution is 2.38. The smallest absolute Gasteiger partial charge is 0.283 e. The van der Waals surface area contributed by atoms with Crippen molar-refractivity contribution in [2.45, 2.75) is 18.2 Å². The number of amides is 2. The molecule has 0 saturated heterocycles. The molecule has 150 valence electrons. The summed E-state index contributed by atoms with van der Waals surface area (Å²) in [6, 6.07) is 22.4. The van der Waals surface area contributed by atoms with Gasteiger partial charge in [-0.05, 0) is 54.4 Å². The summed E-state index contributed by atoms with van der Waals surface area (Å²) in [6.07, 6.45) is 0.779. The van der Waals surface area contributed by atoms with Gasteiger partial charge in [-0.3, -0.25) is 9.59 Å². The number of para-hydroxylation sites is 1. The number of thioether (sulfide) groups is 1. The Balaban J connectivity index is 1.76. The Labute approximate surface area is 178 Å². The molecule has 0 atom stereocenters. The molecule has 0 unspecified atom stereocenters. The van der Waals surface area contributed by atoms with Crippen LogP contribution in [0.3, 0.4) is 0 Å². The van der Waals surface area contributed by atoms with Crippen molar-refractivity contribution >= 4 is 35.0 Å². The molecule has 1 heterocycles. The number of nitrogens with one attached hydrogen (secondary N) is 1. The van der Waals surface area contributed by atoms with E-state index < -0.39 is 17.6 Å². The number of rotatable bonds is 6. The van der Waals surface area contributed by atoms with Crippen molar-refractivity contribution < 1.29 is 14.0 Å². The van der Waals surface area contributed by atoms with Gasteiger partial charge >= 0.3 is 0 Å². The normalized spacial score (nSPS) is 13.9. The topological polar surface area (TPSA) is 49.4 Å². The molecule has 0 fully saturated rings. The van der Waals surface area contributed by atoms with Gasteiger partial charge in [0.2, 0.25) is 0 Å². The molecule has 0 bridgehead atoms. The molecular weight excluding hydrogens is 399 g/mol. The first-order valence-electron chi connectivity index (χ1n) is 9.55. The van der Waals surface area contributed by atoms with Gasteiger partial charge in [-0.15, -0.1) is 0 Å². The van der Waals surface area contributed by atoms with Crippen LogP contribution < -0.4 is 10.2 Å². The van der Waals surface area contributed by atoms with Crippen molar-refractivity contribution in [1.29, 1.82) is 0 Å². The lowest BCUT2D eigenvalue weighted by molar-refractivity contribution is -0.120. The van der Waals surface area contributed by atoms with Crippen LogP contribution in [0.5, 0.6) is 0 Å². The minimum Gasteiger partial charge on any atom is -0.350 e. The van der Waals surface area contributed by atoms with Gasteiger partial charge in [0.25, 0.3) is 11.8 Å². The fraction of sp³-hybridized carbons (Fsp3) is 0.0833. The van der Waals surface area contributed by atoms with Crippen molar-refractivity contribution in [3.63, 3.8) is 0 Å². The van der Waals surface area contributed by atoms with Gasteiger partial charge in [-0.25, -0.2) is 9.29 Å². The zero-order chi connectivity index (χ0) is 21.1.